The summed E-state index contributed by atoms with van der Waals surface area (Å²) in [5, 5.41) is 3.60. The Morgan fingerprint density at radius 1 is 1.20 bits per heavy atom. The highest BCUT2D eigenvalue weighted by Crippen LogP contribution is 2.34. The van der Waals surface area contributed by atoms with Gasteiger partial charge < -0.3 is 10.2 Å². The molecular weight excluding hydrogens is 356 g/mol. The quantitative estimate of drug-likeness (QED) is 0.807. The molecule has 1 fully saturated rings. The van der Waals surface area contributed by atoms with Crippen LogP contribution in [0.5, 0.6) is 0 Å². The standard InChI is InChI=1S/C19H27ClN2O2S/c1-12(2)9-17-22(19(24)14-5-7-15(20)8-6-14)16(11-25-17)18(23)21-10-13(3)4/h5-8,12-13,16-17H,9-11H2,1-4H3,(H,21,23)/t16-,17+/m1/s1. The van der Waals surface area contributed by atoms with Crippen LogP contribution in [0.15, 0.2) is 24.3 Å². The Kier molecular flexibility index (Phi) is 7.20. The fourth-order valence-electron chi connectivity index (χ4n) is 2.79. The van der Waals surface area contributed by atoms with E-state index in [1.165, 1.54) is 0 Å². The molecule has 6 heteroatoms. The van der Waals surface area contributed by atoms with E-state index >= 15 is 0 Å². The number of amides is 2. The Balaban J connectivity index is 2.22. The Morgan fingerprint density at radius 2 is 1.84 bits per heavy atom. The van der Waals surface area contributed by atoms with E-state index in [0.29, 0.717) is 34.7 Å². The molecule has 1 aromatic carbocycles. The molecule has 0 radical (unpaired) electrons. The van der Waals surface area contributed by atoms with Gasteiger partial charge in [-0.05, 0) is 42.5 Å². The van der Waals surface area contributed by atoms with E-state index in [9.17, 15) is 9.59 Å². The molecule has 4 nitrogen and oxygen atoms in total. The smallest absolute Gasteiger partial charge is 0.255 e. The van der Waals surface area contributed by atoms with Crippen LogP contribution in [0.1, 0.15) is 44.5 Å². The second-order valence-electron chi connectivity index (χ2n) is 7.29. The molecule has 2 atom stereocenters. The maximum atomic E-state index is 13.1. The average Bonchev–Trinajstić information content (AvgIpc) is 2.95. The highest BCUT2D eigenvalue weighted by molar-refractivity contribution is 8.00. The summed E-state index contributed by atoms with van der Waals surface area (Å²) in [4.78, 5) is 27.5. The third kappa shape index (κ3) is 5.38. The molecular formula is C19H27ClN2O2S. The van der Waals surface area contributed by atoms with E-state index in [0.717, 1.165) is 6.42 Å². The Labute approximate surface area is 159 Å². The SMILES string of the molecule is CC(C)CNC(=O)[C@H]1CS[C@@H](CC(C)C)N1C(=O)c1ccc(Cl)cc1. The lowest BCUT2D eigenvalue weighted by atomic mass is 10.1. The summed E-state index contributed by atoms with van der Waals surface area (Å²) in [6.07, 6.45) is 0.873. The van der Waals surface area contributed by atoms with E-state index in [1.54, 1.807) is 40.9 Å². The number of halogens is 1. The minimum Gasteiger partial charge on any atom is -0.354 e. The first-order valence-electron chi connectivity index (χ1n) is 8.77. The molecule has 0 spiro atoms. The van der Waals surface area contributed by atoms with Crippen LogP contribution in [0, 0.1) is 11.8 Å². The van der Waals surface area contributed by atoms with Gasteiger partial charge in [0.2, 0.25) is 5.91 Å². The van der Waals surface area contributed by atoms with Gasteiger partial charge in [0.1, 0.15) is 6.04 Å². The number of hydrogen-bond acceptors (Lipinski definition) is 3. The lowest BCUT2D eigenvalue weighted by Crippen LogP contribution is -2.50. The third-order valence-electron chi connectivity index (χ3n) is 4.08. The highest BCUT2D eigenvalue weighted by atomic mass is 35.5. The fraction of sp³-hybridized carbons (Fsp3) is 0.579. The number of carbonyl (C=O) groups excluding carboxylic acids is 2. The van der Waals surface area contributed by atoms with E-state index in [1.807, 2.05) is 0 Å². The molecule has 1 aromatic rings. The highest BCUT2D eigenvalue weighted by Gasteiger charge is 2.41. The summed E-state index contributed by atoms with van der Waals surface area (Å²) in [5.41, 5.74) is 0.572. The van der Waals surface area contributed by atoms with Gasteiger partial charge in [-0.25, -0.2) is 0 Å². The molecule has 25 heavy (non-hydrogen) atoms. The van der Waals surface area contributed by atoms with Gasteiger partial charge in [0.15, 0.2) is 0 Å². The average molecular weight is 383 g/mol. The monoisotopic (exact) mass is 382 g/mol. The van der Waals surface area contributed by atoms with Gasteiger partial charge in [-0.1, -0.05) is 39.3 Å². The number of rotatable bonds is 6. The van der Waals surface area contributed by atoms with E-state index in [-0.39, 0.29) is 17.2 Å². The van der Waals surface area contributed by atoms with Crippen LogP contribution in [-0.2, 0) is 4.79 Å². The van der Waals surface area contributed by atoms with E-state index in [4.69, 9.17) is 11.6 Å². The van der Waals surface area contributed by atoms with Crippen LogP contribution >= 0.6 is 23.4 Å². The lowest BCUT2D eigenvalue weighted by molar-refractivity contribution is -0.125. The van der Waals surface area contributed by atoms with Gasteiger partial charge in [-0.15, -0.1) is 11.8 Å². The summed E-state index contributed by atoms with van der Waals surface area (Å²) in [5.74, 6) is 1.31. The topological polar surface area (TPSA) is 49.4 Å². The minimum atomic E-state index is -0.421. The molecule has 1 aliphatic rings. The Bertz CT molecular complexity index is 604. The molecule has 0 aromatic heterocycles. The second kappa shape index (κ2) is 8.95. The molecule has 2 rings (SSSR count). The molecule has 1 N–H and O–H groups in total. The summed E-state index contributed by atoms with van der Waals surface area (Å²) in [7, 11) is 0. The Hall–Kier alpha value is -1.20. The van der Waals surface area contributed by atoms with Gasteiger partial charge >= 0.3 is 0 Å². The first-order valence-corrected chi connectivity index (χ1v) is 10.2. The number of carbonyl (C=O) groups is 2. The van der Waals surface area contributed by atoms with Crippen molar-refractivity contribution in [3.8, 4) is 0 Å². The van der Waals surface area contributed by atoms with Crippen LogP contribution < -0.4 is 5.32 Å². The van der Waals surface area contributed by atoms with Crippen LogP contribution in [-0.4, -0.2) is 40.4 Å². The number of benzene rings is 1. The van der Waals surface area contributed by atoms with Gasteiger partial charge in [0.25, 0.3) is 5.91 Å². The minimum absolute atomic E-state index is 0.0259. The van der Waals surface area contributed by atoms with Crippen molar-refractivity contribution in [1.29, 1.82) is 0 Å². The van der Waals surface area contributed by atoms with E-state index < -0.39 is 6.04 Å². The summed E-state index contributed by atoms with van der Waals surface area (Å²) in [6.45, 7) is 9.01. The maximum absolute atomic E-state index is 13.1. The number of nitrogens with zero attached hydrogens (tertiary/aromatic N) is 1. The summed E-state index contributed by atoms with van der Waals surface area (Å²) >= 11 is 7.62. The molecule has 0 bridgehead atoms. The molecule has 1 heterocycles. The molecule has 0 saturated carbocycles. The number of hydrogen-bond donors (Lipinski definition) is 1. The van der Waals surface area contributed by atoms with Gasteiger partial charge in [0.05, 0.1) is 5.37 Å². The van der Waals surface area contributed by atoms with Crippen LogP contribution in [0.4, 0.5) is 0 Å². The van der Waals surface area contributed by atoms with Crippen LogP contribution in [0.2, 0.25) is 5.02 Å². The zero-order valence-electron chi connectivity index (χ0n) is 15.3. The molecule has 0 unspecified atom stereocenters. The van der Waals surface area contributed by atoms with Gasteiger partial charge in [-0.3, -0.25) is 9.59 Å². The normalized spacial score (nSPS) is 20.4. The zero-order chi connectivity index (χ0) is 18.6. The van der Waals surface area contributed by atoms with Crippen molar-refractivity contribution < 1.29 is 9.59 Å². The first kappa shape index (κ1) is 20.1. The molecule has 0 aliphatic carbocycles. The summed E-state index contributed by atoms with van der Waals surface area (Å²) in [6, 6.07) is 6.45. The fourth-order valence-corrected chi connectivity index (χ4v) is 4.55. The van der Waals surface area contributed by atoms with E-state index in [2.05, 4.69) is 33.0 Å². The molecule has 1 saturated heterocycles. The van der Waals surface area contributed by atoms with Crippen LogP contribution in [0.3, 0.4) is 0 Å². The van der Waals surface area contributed by atoms with Crippen molar-refractivity contribution >= 4 is 35.2 Å². The van der Waals surface area contributed by atoms with Crippen molar-refractivity contribution in [2.75, 3.05) is 12.3 Å². The van der Waals surface area contributed by atoms with Gasteiger partial charge in [0, 0.05) is 22.9 Å². The largest absolute Gasteiger partial charge is 0.354 e. The molecule has 1 aliphatic heterocycles. The van der Waals surface area contributed by atoms with Crippen molar-refractivity contribution in [3.05, 3.63) is 34.9 Å². The predicted octanol–water partition coefficient (Wildman–Crippen LogP) is 4.04. The lowest BCUT2D eigenvalue weighted by Gasteiger charge is -2.30. The van der Waals surface area contributed by atoms with Crippen LogP contribution in [0.25, 0.3) is 0 Å². The van der Waals surface area contributed by atoms with Crippen molar-refractivity contribution in [2.45, 2.75) is 45.5 Å². The van der Waals surface area contributed by atoms with Crippen molar-refractivity contribution in [3.63, 3.8) is 0 Å². The maximum Gasteiger partial charge on any atom is 0.255 e. The predicted molar refractivity (Wildman–Crippen MR) is 105 cm³/mol. The molecule has 2 amide bonds. The number of thioether (sulfide) groups is 1. The summed E-state index contributed by atoms with van der Waals surface area (Å²) < 4.78 is 0. The van der Waals surface area contributed by atoms with Crippen molar-refractivity contribution in [1.82, 2.24) is 10.2 Å². The van der Waals surface area contributed by atoms with Gasteiger partial charge in [-0.2, -0.15) is 0 Å². The number of nitrogens with one attached hydrogen (secondary N) is 1. The Morgan fingerprint density at radius 3 is 2.40 bits per heavy atom. The second-order valence-corrected chi connectivity index (χ2v) is 8.94. The third-order valence-corrected chi connectivity index (χ3v) is 5.64. The first-order chi connectivity index (χ1) is 11.8. The van der Waals surface area contributed by atoms with Crippen molar-refractivity contribution in [2.24, 2.45) is 11.8 Å². The zero-order valence-corrected chi connectivity index (χ0v) is 16.9. The molecule has 138 valence electrons.